The lowest BCUT2D eigenvalue weighted by molar-refractivity contribution is -0.0763. The summed E-state index contributed by atoms with van der Waals surface area (Å²) in [6.45, 7) is 14.0. The molecule has 6 atom stereocenters. The van der Waals surface area contributed by atoms with E-state index < -0.39 is 6.16 Å². The van der Waals surface area contributed by atoms with E-state index in [-0.39, 0.29) is 33.9 Å². The number of ether oxygens (including phenoxy) is 2. The summed E-state index contributed by atoms with van der Waals surface area (Å²) in [5.41, 5.74) is 0.736. The van der Waals surface area contributed by atoms with E-state index in [4.69, 9.17) is 9.47 Å². The van der Waals surface area contributed by atoms with Gasteiger partial charge in [0.25, 0.3) is 0 Å². The van der Waals surface area contributed by atoms with Crippen LogP contribution < -0.4 is 0 Å². The molecule has 4 aliphatic rings. The van der Waals surface area contributed by atoms with E-state index in [9.17, 15) is 4.79 Å². The van der Waals surface area contributed by atoms with Crippen LogP contribution in [0.4, 0.5) is 4.79 Å². The van der Waals surface area contributed by atoms with Crippen LogP contribution in [0, 0.1) is 33.5 Å². The molecule has 0 unspecified atom stereocenters. The molecule has 4 bridgehead atoms. The zero-order chi connectivity index (χ0) is 17.5. The Morgan fingerprint density at radius 1 is 0.750 bits per heavy atom. The van der Waals surface area contributed by atoms with Crippen molar-refractivity contribution < 1.29 is 14.3 Å². The van der Waals surface area contributed by atoms with Crippen molar-refractivity contribution in [2.75, 3.05) is 0 Å². The number of carbonyl (C=O) groups excluding carboxylic acids is 1. The second-order valence-corrected chi connectivity index (χ2v) is 10.7. The summed E-state index contributed by atoms with van der Waals surface area (Å²) in [4.78, 5) is 12.6. The van der Waals surface area contributed by atoms with E-state index in [1.807, 2.05) is 0 Å². The molecule has 0 saturated heterocycles. The molecule has 0 radical (unpaired) electrons. The zero-order valence-corrected chi connectivity index (χ0v) is 16.3. The van der Waals surface area contributed by atoms with Crippen LogP contribution in [0.2, 0.25) is 0 Å². The van der Waals surface area contributed by atoms with Gasteiger partial charge in [-0.3, -0.25) is 0 Å². The fraction of sp³-hybridized carbons (Fsp3) is 0.952. The van der Waals surface area contributed by atoms with E-state index >= 15 is 0 Å². The van der Waals surface area contributed by atoms with Gasteiger partial charge in [0.15, 0.2) is 0 Å². The highest BCUT2D eigenvalue weighted by Crippen LogP contribution is 2.67. The van der Waals surface area contributed by atoms with E-state index in [0.717, 1.165) is 12.8 Å². The smallest absolute Gasteiger partial charge is 0.430 e. The normalized spacial score (nSPS) is 50.2. The van der Waals surface area contributed by atoms with Gasteiger partial charge >= 0.3 is 6.16 Å². The first-order valence-electron chi connectivity index (χ1n) is 9.90. The Balaban J connectivity index is 1.43. The summed E-state index contributed by atoms with van der Waals surface area (Å²) in [6, 6.07) is 0. The Morgan fingerprint density at radius 2 is 1.12 bits per heavy atom. The molecule has 4 aliphatic carbocycles. The Labute approximate surface area is 146 Å². The average molecular weight is 335 g/mol. The van der Waals surface area contributed by atoms with E-state index in [1.165, 1.54) is 25.7 Å². The summed E-state index contributed by atoms with van der Waals surface area (Å²) in [6.07, 6.45) is 6.53. The summed E-state index contributed by atoms with van der Waals surface area (Å²) < 4.78 is 11.8. The SMILES string of the molecule is CC1(C)[C@H]2CC[C@]1(C)[C@H](OC(=O)O[C@@H]1C[C@@H]3CC[C@@]1(C)C3(C)C)C2. The third kappa shape index (κ3) is 1.82. The van der Waals surface area contributed by atoms with Gasteiger partial charge in [0.1, 0.15) is 12.2 Å². The lowest BCUT2D eigenvalue weighted by atomic mass is 9.70. The maximum atomic E-state index is 12.6. The fourth-order valence-electron chi connectivity index (χ4n) is 6.88. The molecule has 3 heteroatoms. The first-order valence-corrected chi connectivity index (χ1v) is 9.90. The third-order valence-corrected chi connectivity index (χ3v) is 9.90. The Kier molecular flexibility index (Phi) is 3.28. The van der Waals surface area contributed by atoms with Gasteiger partial charge in [-0.1, -0.05) is 41.5 Å². The maximum Gasteiger partial charge on any atom is 0.508 e. The van der Waals surface area contributed by atoms with Gasteiger partial charge in [-0.25, -0.2) is 4.79 Å². The molecule has 0 spiro atoms. The van der Waals surface area contributed by atoms with Crippen molar-refractivity contribution in [2.24, 2.45) is 33.5 Å². The van der Waals surface area contributed by atoms with Crippen molar-refractivity contribution >= 4 is 6.16 Å². The van der Waals surface area contributed by atoms with Gasteiger partial charge in [-0.15, -0.1) is 0 Å². The van der Waals surface area contributed by atoms with Crippen molar-refractivity contribution in [3.05, 3.63) is 0 Å². The number of hydrogen-bond donors (Lipinski definition) is 0. The standard InChI is InChI=1S/C21H34O3/c1-18(2)13-7-9-20(18,5)15(11-13)23-17(22)24-16-12-14-8-10-21(16,6)19(14,3)4/h13-16H,7-12H2,1-6H3/t13-,14-,15+,16+,20+,21+/m0/s1. The average Bonchev–Trinajstić information content (AvgIpc) is 2.99. The first kappa shape index (κ1) is 16.7. The van der Waals surface area contributed by atoms with Crippen molar-refractivity contribution in [1.82, 2.24) is 0 Å². The molecule has 24 heavy (non-hydrogen) atoms. The number of carbonyl (C=O) groups is 1. The topological polar surface area (TPSA) is 35.5 Å². The molecule has 0 aliphatic heterocycles. The van der Waals surface area contributed by atoms with E-state index in [2.05, 4.69) is 41.5 Å². The van der Waals surface area contributed by atoms with Gasteiger partial charge in [0.05, 0.1) is 0 Å². The van der Waals surface area contributed by atoms with Crippen LogP contribution in [0.3, 0.4) is 0 Å². The van der Waals surface area contributed by atoms with Crippen LogP contribution in [0.1, 0.15) is 80.1 Å². The molecular formula is C21H34O3. The van der Waals surface area contributed by atoms with Crippen LogP contribution in [0.25, 0.3) is 0 Å². The van der Waals surface area contributed by atoms with Gasteiger partial charge < -0.3 is 9.47 Å². The molecule has 0 aromatic rings. The zero-order valence-electron chi connectivity index (χ0n) is 16.3. The Morgan fingerprint density at radius 3 is 1.38 bits per heavy atom. The second kappa shape index (κ2) is 4.71. The van der Waals surface area contributed by atoms with Crippen molar-refractivity contribution in [1.29, 1.82) is 0 Å². The van der Waals surface area contributed by atoms with Crippen LogP contribution in [-0.4, -0.2) is 18.4 Å². The van der Waals surface area contributed by atoms with Crippen molar-refractivity contribution in [3.63, 3.8) is 0 Å². The largest absolute Gasteiger partial charge is 0.508 e. The van der Waals surface area contributed by atoms with E-state index in [1.54, 1.807) is 0 Å². The van der Waals surface area contributed by atoms with E-state index in [0.29, 0.717) is 11.8 Å². The Bertz CT molecular complexity index is 517. The van der Waals surface area contributed by atoms with Crippen LogP contribution >= 0.6 is 0 Å². The van der Waals surface area contributed by atoms with Crippen LogP contribution in [-0.2, 0) is 9.47 Å². The molecule has 4 rings (SSSR count). The third-order valence-electron chi connectivity index (χ3n) is 9.90. The minimum absolute atomic E-state index is 0.0261. The fourth-order valence-corrected chi connectivity index (χ4v) is 6.88. The molecule has 136 valence electrons. The summed E-state index contributed by atoms with van der Waals surface area (Å²) >= 11 is 0. The highest BCUT2D eigenvalue weighted by Gasteiger charge is 2.65. The van der Waals surface area contributed by atoms with Gasteiger partial charge in [0, 0.05) is 10.8 Å². The van der Waals surface area contributed by atoms with Gasteiger partial charge in [-0.05, 0) is 61.2 Å². The molecule has 0 N–H and O–H groups in total. The molecular weight excluding hydrogens is 300 g/mol. The molecule has 4 saturated carbocycles. The predicted octanol–water partition coefficient (Wildman–Crippen LogP) is 5.57. The van der Waals surface area contributed by atoms with Crippen molar-refractivity contribution in [3.8, 4) is 0 Å². The Hall–Kier alpha value is -0.730. The lowest BCUT2D eigenvalue weighted by Gasteiger charge is -2.40. The number of hydrogen-bond acceptors (Lipinski definition) is 3. The summed E-state index contributed by atoms with van der Waals surface area (Å²) in [7, 11) is 0. The highest BCUT2D eigenvalue weighted by atomic mass is 16.7. The molecule has 0 heterocycles. The summed E-state index contributed by atoms with van der Waals surface area (Å²) in [5, 5.41) is 0. The van der Waals surface area contributed by atoms with Crippen LogP contribution in [0.5, 0.6) is 0 Å². The minimum Gasteiger partial charge on any atom is -0.430 e. The van der Waals surface area contributed by atoms with Crippen molar-refractivity contribution in [2.45, 2.75) is 92.3 Å². The number of fused-ring (bicyclic) bond motifs is 4. The first-order chi connectivity index (χ1) is 11.0. The minimum atomic E-state index is -0.417. The second-order valence-electron chi connectivity index (χ2n) is 10.7. The molecule has 0 amide bonds. The highest BCUT2D eigenvalue weighted by molar-refractivity contribution is 5.61. The quantitative estimate of drug-likeness (QED) is 0.619. The maximum absolute atomic E-state index is 12.6. The molecule has 4 fully saturated rings. The van der Waals surface area contributed by atoms with Gasteiger partial charge in [-0.2, -0.15) is 0 Å². The molecule has 0 aromatic carbocycles. The molecule has 3 nitrogen and oxygen atoms in total. The molecule has 0 aromatic heterocycles. The van der Waals surface area contributed by atoms with Crippen LogP contribution in [0.15, 0.2) is 0 Å². The monoisotopic (exact) mass is 334 g/mol. The predicted molar refractivity (Wildman–Crippen MR) is 93.6 cm³/mol. The summed E-state index contributed by atoms with van der Waals surface area (Å²) in [5.74, 6) is 1.36. The lowest BCUT2D eigenvalue weighted by Crippen LogP contribution is -2.41. The number of rotatable bonds is 2. The van der Waals surface area contributed by atoms with Gasteiger partial charge in [0.2, 0.25) is 0 Å².